The molecule has 4 nitrogen and oxygen atoms in total. The number of hydrogen-bond acceptors (Lipinski definition) is 4. The van der Waals surface area contributed by atoms with Gasteiger partial charge in [-0.15, -0.1) is 0 Å². The highest BCUT2D eigenvalue weighted by Gasteiger charge is 2.09. The minimum atomic E-state index is 0.486. The van der Waals surface area contributed by atoms with Gasteiger partial charge in [-0.25, -0.2) is 0 Å². The fraction of sp³-hybridized carbons (Fsp3) is 0.133. The molecular formula is C15H14O4. The van der Waals surface area contributed by atoms with E-state index in [0.29, 0.717) is 28.6 Å². The summed E-state index contributed by atoms with van der Waals surface area (Å²) >= 11 is 0. The summed E-state index contributed by atoms with van der Waals surface area (Å²) in [7, 11) is 3.13. The molecule has 4 heteroatoms. The van der Waals surface area contributed by atoms with Crippen LogP contribution in [0.3, 0.4) is 0 Å². The fourth-order valence-corrected chi connectivity index (χ4v) is 1.65. The summed E-state index contributed by atoms with van der Waals surface area (Å²) in [5, 5.41) is 0. The molecule has 0 aromatic heterocycles. The van der Waals surface area contributed by atoms with Gasteiger partial charge in [0.2, 0.25) is 0 Å². The van der Waals surface area contributed by atoms with E-state index in [4.69, 9.17) is 14.2 Å². The van der Waals surface area contributed by atoms with E-state index in [1.165, 1.54) is 0 Å². The number of rotatable bonds is 5. The van der Waals surface area contributed by atoms with E-state index in [2.05, 4.69) is 0 Å². The van der Waals surface area contributed by atoms with Crippen LogP contribution in [-0.2, 0) is 0 Å². The summed E-state index contributed by atoms with van der Waals surface area (Å²) in [4.78, 5) is 10.9. The Morgan fingerprint density at radius 3 is 2.37 bits per heavy atom. The van der Waals surface area contributed by atoms with E-state index < -0.39 is 0 Å². The van der Waals surface area contributed by atoms with Crippen molar-refractivity contribution in [1.29, 1.82) is 0 Å². The lowest BCUT2D eigenvalue weighted by Crippen LogP contribution is -1.94. The van der Waals surface area contributed by atoms with E-state index in [1.807, 2.05) is 0 Å². The van der Waals surface area contributed by atoms with Gasteiger partial charge in [0, 0.05) is 6.07 Å². The minimum absolute atomic E-state index is 0.486. The highest BCUT2D eigenvalue weighted by Crippen LogP contribution is 2.35. The Morgan fingerprint density at radius 1 is 0.895 bits per heavy atom. The molecule has 0 N–H and O–H groups in total. The van der Waals surface area contributed by atoms with Gasteiger partial charge >= 0.3 is 0 Å². The molecule has 0 aliphatic carbocycles. The van der Waals surface area contributed by atoms with E-state index in [9.17, 15) is 4.79 Å². The van der Waals surface area contributed by atoms with Crippen LogP contribution in [0.15, 0.2) is 42.5 Å². The molecule has 0 aliphatic heterocycles. The molecule has 0 unspecified atom stereocenters. The van der Waals surface area contributed by atoms with E-state index in [0.717, 1.165) is 6.29 Å². The Labute approximate surface area is 111 Å². The zero-order valence-electron chi connectivity index (χ0n) is 10.8. The first-order chi connectivity index (χ1) is 9.28. The zero-order chi connectivity index (χ0) is 13.7. The van der Waals surface area contributed by atoms with Gasteiger partial charge < -0.3 is 14.2 Å². The maximum absolute atomic E-state index is 10.9. The molecule has 0 amide bonds. The molecule has 0 atom stereocenters. The van der Waals surface area contributed by atoms with Gasteiger partial charge in [-0.3, -0.25) is 4.79 Å². The molecule has 0 bridgehead atoms. The van der Waals surface area contributed by atoms with Gasteiger partial charge in [0.05, 0.1) is 19.8 Å². The summed E-state index contributed by atoms with van der Waals surface area (Å²) in [5.74, 6) is 2.23. The van der Waals surface area contributed by atoms with Crippen molar-refractivity contribution in [2.24, 2.45) is 0 Å². The van der Waals surface area contributed by atoms with Crippen molar-refractivity contribution in [2.75, 3.05) is 14.2 Å². The molecule has 0 fully saturated rings. The lowest BCUT2D eigenvalue weighted by Gasteiger charge is -2.12. The Bertz CT molecular complexity index is 578. The summed E-state index contributed by atoms with van der Waals surface area (Å²) in [5.41, 5.74) is 0.486. The summed E-state index contributed by atoms with van der Waals surface area (Å²) in [6.07, 6.45) is 0.755. The molecule has 0 aliphatic rings. The number of aldehydes is 1. The Morgan fingerprint density at radius 2 is 1.68 bits per heavy atom. The SMILES string of the molecule is COc1ccc(Oc2ccccc2C=O)c(OC)c1. The van der Waals surface area contributed by atoms with Gasteiger partial charge in [-0.2, -0.15) is 0 Å². The van der Waals surface area contributed by atoms with Crippen LogP contribution >= 0.6 is 0 Å². The molecule has 0 spiro atoms. The van der Waals surface area contributed by atoms with Crippen molar-refractivity contribution in [3.8, 4) is 23.0 Å². The quantitative estimate of drug-likeness (QED) is 0.772. The number of carbonyl (C=O) groups excluding carboxylic acids is 1. The van der Waals surface area contributed by atoms with Crippen LogP contribution in [0.4, 0.5) is 0 Å². The molecule has 2 rings (SSSR count). The third-order valence-electron chi connectivity index (χ3n) is 2.64. The predicted octanol–water partition coefficient (Wildman–Crippen LogP) is 3.31. The predicted molar refractivity (Wildman–Crippen MR) is 71.4 cm³/mol. The van der Waals surface area contributed by atoms with Crippen molar-refractivity contribution >= 4 is 6.29 Å². The second kappa shape index (κ2) is 5.91. The van der Waals surface area contributed by atoms with Gasteiger partial charge in [-0.1, -0.05) is 12.1 Å². The standard InChI is InChI=1S/C15H14O4/c1-17-12-7-8-14(15(9-12)18-2)19-13-6-4-3-5-11(13)10-16/h3-10H,1-2H3. The highest BCUT2D eigenvalue weighted by molar-refractivity contribution is 5.79. The van der Waals surface area contributed by atoms with Crippen LogP contribution in [0.1, 0.15) is 10.4 Å². The Hall–Kier alpha value is -2.49. The number of ether oxygens (including phenoxy) is 3. The summed E-state index contributed by atoms with van der Waals surface area (Å²) in [6, 6.07) is 12.2. The number of hydrogen-bond donors (Lipinski definition) is 0. The highest BCUT2D eigenvalue weighted by atomic mass is 16.5. The third-order valence-corrected chi connectivity index (χ3v) is 2.64. The van der Waals surface area contributed by atoms with Crippen molar-refractivity contribution in [1.82, 2.24) is 0 Å². The van der Waals surface area contributed by atoms with E-state index in [-0.39, 0.29) is 0 Å². The molecule has 0 saturated heterocycles. The largest absolute Gasteiger partial charge is 0.497 e. The monoisotopic (exact) mass is 258 g/mol. The van der Waals surface area contributed by atoms with Crippen LogP contribution in [-0.4, -0.2) is 20.5 Å². The molecule has 98 valence electrons. The Balaban J connectivity index is 2.35. The maximum Gasteiger partial charge on any atom is 0.169 e. The minimum Gasteiger partial charge on any atom is -0.497 e. The van der Waals surface area contributed by atoms with Gasteiger partial charge in [0.15, 0.2) is 17.8 Å². The van der Waals surface area contributed by atoms with E-state index in [1.54, 1.807) is 56.7 Å². The molecule has 2 aromatic rings. The average molecular weight is 258 g/mol. The van der Waals surface area contributed by atoms with Crippen molar-refractivity contribution in [3.63, 3.8) is 0 Å². The number of methoxy groups -OCH3 is 2. The van der Waals surface area contributed by atoms with Crippen LogP contribution < -0.4 is 14.2 Å². The maximum atomic E-state index is 10.9. The van der Waals surface area contributed by atoms with Gasteiger partial charge in [-0.05, 0) is 24.3 Å². The first-order valence-corrected chi connectivity index (χ1v) is 5.72. The zero-order valence-corrected chi connectivity index (χ0v) is 10.8. The van der Waals surface area contributed by atoms with Crippen LogP contribution in [0.5, 0.6) is 23.0 Å². The molecular weight excluding hydrogens is 244 g/mol. The molecule has 19 heavy (non-hydrogen) atoms. The fourth-order valence-electron chi connectivity index (χ4n) is 1.65. The normalized spacial score (nSPS) is 9.79. The molecule has 0 saturated carbocycles. The van der Waals surface area contributed by atoms with E-state index >= 15 is 0 Å². The first kappa shape index (κ1) is 13.0. The smallest absolute Gasteiger partial charge is 0.169 e. The molecule has 0 radical (unpaired) electrons. The molecule has 2 aromatic carbocycles. The third kappa shape index (κ3) is 2.85. The average Bonchev–Trinajstić information content (AvgIpc) is 2.48. The molecule has 0 heterocycles. The summed E-state index contributed by atoms with van der Waals surface area (Å²) in [6.45, 7) is 0. The Kier molecular flexibility index (Phi) is 4.03. The lowest BCUT2D eigenvalue weighted by molar-refractivity contribution is 0.112. The van der Waals surface area contributed by atoms with Gasteiger partial charge in [0.1, 0.15) is 11.5 Å². The van der Waals surface area contributed by atoms with Gasteiger partial charge in [0.25, 0.3) is 0 Å². The topological polar surface area (TPSA) is 44.8 Å². The van der Waals surface area contributed by atoms with Crippen LogP contribution in [0.25, 0.3) is 0 Å². The first-order valence-electron chi connectivity index (χ1n) is 5.72. The van der Waals surface area contributed by atoms with Crippen molar-refractivity contribution in [2.45, 2.75) is 0 Å². The second-order valence-corrected chi connectivity index (χ2v) is 3.77. The van der Waals surface area contributed by atoms with Crippen LogP contribution in [0.2, 0.25) is 0 Å². The number of para-hydroxylation sites is 1. The number of carbonyl (C=O) groups is 1. The van der Waals surface area contributed by atoms with Crippen LogP contribution in [0, 0.1) is 0 Å². The van der Waals surface area contributed by atoms with Crippen molar-refractivity contribution in [3.05, 3.63) is 48.0 Å². The second-order valence-electron chi connectivity index (χ2n) is 3.77. The van der Waals surface area contributed by atoms with Crippen molar-refractivity contribution < 1.29 is 19.0 Å². The summed E-state index contributed by atoms with van der Waals surface area (Å²) < 4.78 is 16.1. The lowest BCUT2D eigenvalue weighted by atomic mass is 10.2. The number of benzene rings is 2.